The van der Waals surface area contributed by atoms with Crippen molar-refractivity contribution in [2.45, 2.75) is 33.9 Å². The van der Waals surface area contributed by atoms with Crippen LogP contribution in [-0.2, 0) is 17.9 Å². The number of hydrogen-bond donors (Lipinski definition) is 1. The second kappa shape index (κ2) is 6.55. The first-order valence-electron chi connectivity index (χ1n) is 6.48. The molecule has 18 heavy (non-hydrogen) atoms. The zero-order valence-corrected chi connectivity index (χ0v) is 11.8. The van der Waals surface area contributed by atoms with Gasteiger partial charge in [-0.05, 0) is 17.0 Å². The molecular formula is C15H24N2O. The molecule has 100 valence electrons. The molecule has 0 aliphatic heterocycles. The maximum atomic E-state index is 12.1. The first-order valence-corrected chi connectivity index (χ1v) is 6.48. The molecule has 2 N–H and O–H groups in total. The van der Waals surface area contributed by atoms with E-state index in [4.69, 9.17) is 5.73 Å². The molecule has 0 saturated carbocycles. The number of amides is 1. The Morgan fingerprint density at radius 2 is 1.89 bits per heavy atom. The van der Waals surface area contributed by atoms with E-state index in [1.165, 1.54) is 0 Å². The van der Waals surface area contributed by atoms with Crippen LogP contribution < -0.4 is 5.73 Å². The summed E-state index contributed by atoms with van der Waals surface area (Å²) in [5.41, 5.74) is 7.85. The van der Waals surface area contributed by atoms with Gasteiger partial charge < -0.3 is 10.6 Å². The van der Waals surface area contributed by atoms with E-state index in [1.54, 1.807) is 4.90 Å². The molecule has 0 aliphatic carbocycles. The Bertz CT molecular complexity index is 401. The number of rotatable bonds is 5. The van der Waals surface area contributed by atoms with Crippen molar-refractivity contribution in [3.8, 4) is 0 Å². The van der Waals surface area contributed by atoms with Gasteiger partial charge in [0.2, 0.25) is 5.91 Å². The second-order valence-corrected chi connectivity index (χ2v) is 5.25. The number of nitrogens with zero attached hydrogens (tertiary/aromatic N) is 1. The SMILES string of the molecule is CC(C)C(C)C(=O)N(C)Cc1cccc(CN)c1. The summed E-state index contributed by atoms with van der Waals surface area (Å²) in [5.74, 6) is 0.631. The Morgan fingerprint density at radius 1 is 1.28 bits per heavy atom. The molecule has 0 saturated heterocycles. The molecule has 1 atom stereocenters. The van der Waals surface area contributed by atoms with E-state index in [1.807, 2.05) is 32.2 Å². The highest BCUT2D eigenvalue weighted by molar-refractivity contribution is 5.78. The predicted molar refractivity (Wildman–Crippen MR) is 74.8 cm³/mol. The van der Waals surface area contributed by atoms with Crippen molar-refractivity contribution in [1.29, 1.82) is 0 Å². The highest BCUT2D eigenvalue weighted by Gasteiger charge is 2.20. The van der Waals surface area contributed by atoms with Crippen LogP contribution in [-0.4, -0.2) is 17.9 Å². The van der Waals surface area contributed by atoms with E-state index in [2.05, 4.69) is 19.9 Å². The van der Waals surface area contributed by atoms with E-state index < -0.39 is 0 Å². The van der Waals surface area contributed by atoms with Gasteiger partial charge in [-0.15, -0.1) is 0 Å². The Balaban J connectivity index is 2.69. The van der Waals surface area contributed by atoms with Crippen molar-refractivity contribution in [2.75, 3.05) is 7.05 Å². The zero-order chi connectivity index (χ0) is 13.7. The lowest BCUT2D eigenvalue weighted by atomic mass is 9.96. The smallest absolute Gasteiger partial charge is 0.225 e. The average molecular weight is 248 g/mol. The third kappa shape index (κ3) is 3.84. The topological polar surface area (TPSA) is 46.3 Å². The number of carbonyl (C=O) groups excluding carboxylic acids is 1. The minimum atomic E-state index is 0.0627. The summed E-state index contributed by atoms with van der Waals surface area (Å²) >= 11 is 0. The summed E-state index contributed by atoms with van der Waals surface area (Å²) in [6, 6.07) is 8.08. The van der Waals surface area contributed by atoms with Crippen LogP contribution in [0.4, 0.5) is 0 Å². The monoisotopic (exact) mass is 248 g/mol. The average Bonchev–Trinajstić information content (AvgIpc) is 2.36. The second-order valence-electron chi connectivity index (χ2n) is 5.25. The van der Waals surface area contributed by atoms with Crippen LogP contribution in [0.2, 0.25) is 0 Å². The van der Waals surface area contributed by atoms with Crippen LogP contribution in [0.25, 0.3) is 0 Å². The van der Waals surface area contributed by atoms with Gasteiger partial charge in [0, 0.05) is 26.1 Å². The van der Waals surface area contributed by atoms with Gasteiger partial charge >= 0.3 is 0 Å². The van der Waals surface area contributed by atoms with E-state index in [-0.39, 0.29) is 11.8 Å². The van der Waals surface area contributed by atoms with Crippen molar-refractivity contribution in [2.24, 2.45) is 17.6 Å². The predicted octanol–water partition coefficient (Wildman–Crippen LogP) is 2.40. The van der Waals surface area contributed by atoms with Gasteiger partial charge in [0.05, 0.1) is 0 Å². The van der Waals surface area contributed by atoms with Gasteiger partial charge in [0.25, 0.3) is 0 Å². The fraction of sp³-hybridized carbons (Fsp3) is 0.533. The first kappa shape index (κ1) is 14.7. The lowest BCUT2D eigenvalue weighted by molar-refractivity contribution is -0.135. The highest BCUT2D eigenvalue weighted by Crippen LogP contribution is 2.15. The lowest BCUT2D eigenvalue weighted by Crippen LogP contribution is -2.33. The number of benzene rings is 1. The summed E-state index contributed by atoms with van der Waals surface area (Å²) in [4.78, 5) is 13.9. The molecule has 0 fully saturated rings. The maximum absolute atomic E-state index is 12.1. The normalized spacial score (nSPS) is 12.6. The molecule has 0 heterocycles. The number of hydrogen-bond acceptors (Lipinski definition) is 2. The molecule has 1 amide bonds. The van der Waals surface area contributed by atoms with Crippen molar-refractivity contribution >= 4 is 5.91 Å². The minimum absolute atomic E-state index is 0.0627. The number of nitrogens with two attached hydrogens (primary N) is 1. The van der Waals surface area contributed by atoms with E-state index in [9.17, 15) is 4.79 Å². The molecule has 0 aromatic heterocycles. The van der Waals surface area contributed by atoms with Crippen LogP contribution >= 0.6 is 0 Å². The first-order chi connectivity index (χ1) is 8.45. The fourth-order valence-corrected chi connectivity index (χ4v) is 1.84. The molecule has 0 aliphatic rings. The quantitative estimate of drug-likeness (QED) is 0.869. The van der Waals surface area contributed by atoms with Crippen LogP contribution in [0.3, 0.4) is 0 Å². The molecule has 0 radical (unpaired) electrons. The molecule has 1 rings (SSSR count). The van der Waals surface area contributed by atoms with Gasteiger partial charge in [-0.1, -0.05) is 45.0 Å². The van der Waals surface area contributed by atoms with Gasteiger partial charge in [-0.2, -0.15) is 0 Å². The van der Waals surface area contributed by atoms with Crippen LogP contribution in [0.15, 0.2) is 24.3 Å². The standard InChI is InChI=1S/C15H24N2O/c1-11(2)12(3)15(18)17(4)10-14-7-5-6-13(8-14)9-16/h5-8,11-12H,9-10,16H2,1-4H3. The fourth-order valence-electron chi connectivity index (χ4n) is 1.84. The minimum Gasteiger partial charge on any atom is -0.341 e. The number of carbonyl (C=O) groups is 1. The molecule has 1 unspecified atom stereocenters. The van der Waals surface area contributed by atoms with Crippen molar-refractivity contribution < 1.29 is 4.79 Å². The van der Waals surface area contributed by atoms with Crippen molar-refractivity contribution in [3.05, 3.63) is 35.4 Å². The van der Waals surface area contributed by atoms with Crippen LogP contribution in [0, 0.1) is 11.8 Å². The summed E-state index contributed by atoms with van der Waals surface area (Å²) in [6.45, 7) is 7.31. The summed E-state index contributed by atoms with van der Waals surface area (Å²) < 4.78 is 0. The van der Waals surface area contributed by atoms with E-state index in [0.717, 1.165) is 11.1 Å². The zero-order valence-electron chi connectivity index (χ0n) is 11.8. The Morgan fingerprint density at radius 3 is 2.44 bits per heavy atom. The molecule has 3 heteroatoms. The summed E-state index contributed by atoms with van der Waals surface area (Å²) in [6.07, 6.45) is 0. The van der Waals surface area contributed by atoms with Gasteiger partial charge in [-0.3, -0.25) is 4.79 Å². The lowest BCUT2D eigenvalue weighted by Gasteiger charge is -2.23. The largest absolute Gasteiger partial charge is 0.341 e. The van der Waals surface area contributed by atoms with Crippen LogP contribution in [0.1, 0.15) is 31.9 Å². The van der Waals surface area contributed by atoms with Gasteiger partial charge in [0.15, 0.2) is 0 Å². The Labute approximate surface area is 110 Å². The maximum Gasteiger partial charge on any atom is 0.225 e. The van der Waals surface area contributed by atoms with Crippen LogP contribution in [0.5, 0.6) is 0 Å². The van der Waals surface area contributed by atoms with Crippen molar-refractivity contribution in [3.63, 3.8) is 0 Å². The summed E-state index contributed by atoms with van der Waals surface area (Å²) in [5, 5.41) is 0. The molecular weight excluding hydrogens is 224 g/mol. The van der Waals surface area contributed by atoms with Gasteiger partial charge in [0.1, 0.15) is 0 Å². The van der Waals surface area contributed by atoms with Gasteiger partial charge in [-0.25, -0.2) is 0 Å². The van der Waals surface area contributed by atoms with E-state index >= 15 is 0 Å². The molecule has 3 nitrogen and oxygen atoms in total. The molecule has 0 spiro atoms. The molecule has 1 aromatic carbocycles. The third-order valence-electron chi connectivity index (χ3n) is 3.41. The van der Waals surface area contributed by atoms with Crippen molar-refractivity contribution in [1.82, 2.24) is 4.90 Å². The third-order valence-corrected chi connectivity index (χ3v) is 3.41. The summed E-state index contributed by atoms with van der Waals surface area (Å²) in [7, 11) is 1.86. The molecule has 0 bridgehead atoms. The van der Waals surface area contributed by atoms with E-state index in [0.29, 0.717) is 19.0 Å². The Kier molecular flexibility index (Phi) is 5.35. The Hall–Kier alpha value is -1.35. The molecule has 1 aromatic rings. The highest BCUT2D eigenvalue weighted by atomic mass is 16.2.